The number of carbonyl (C=O) groups excluding carboxylic acids is 3. The van der Waals surface area contributed by atoms with Crippen molar-refractivity contribution in [2.75, 3.05) is 23.8 Å². The maximum atomic E-state index is 14.2. The number of nitrogen functional groups attached to an aromatic ring is 2. The van der Waals surface area contributed by atoms with Crippen LogP contribution in [-0.2, 0) is 30.5 Å². The van der Waals surface area contributed by atoms with Crippen LogP contribution in [-0.4, -0.2) is 61.5 Å². The number of fused-ring (bicyclic) bond motifs is 1. The molecule has 2 atom stereocenters. The average molecular weight is 799 g/mol. The van der Waals surface area contributed by atoms with Crippen LogP contribution in [0.25, 0.3) is 0 Å². The zero-order chi connectivity index (χ0) is 32.9. The van der Waals surface area contributed by atoms with Gasteiger partial charge in [-0.2, -0.15) is 13.9 Å². The summed E-state index contributed by atoms with van der Waals surface area (Å²) in [5.74, 6) is -1.48. The summed E-state index contributed by atoms with van der Waals surface area (Å²) in [5, 5.41) is 6.16. The SMILES string of the molecule is CCON=C(C(=O)NC1C(=O)N2C(C(=O)OC(c3ccccc3)c3ccccc3)=C(C[n+]3cccc(N)c3)CS[C@@H]12)c1nsc(N)n1.[I-]. The molecule has 2 aromatic heterocycles. The minimum Gasteiger partial charge on any atom is -1.00 e. The fraction of sp³-hybridized carbons (Fsp3) is 0.219. The summed E-state index contributed by atoms with van der Waals surface area (Å²) in [4.78, 5) is 52.0. The lowest BCUT2D eigenvalue weighted by Gasteiger charge is -2.49. The Morgan fingerprint density at radius 3 is 2.38 bits per heavy atom. The Labute approximate surface area is 301 Å². The van der Waals surface area contributed by atoms with E-state index in [4.69, 9.17) is 21.0 Å². The number of hydrogen-bond acceptors (Lipinski definition) is 12. The van der Waals surface area contributed by atoms with Crippen LogP contribution >= 0.6 is 23.3 Å². The van der Waals surface area contributed by atoms with Gasteiger partial charge in [0.15, 0.2) is 30.2 Å². The van der Waals surface area contributed by atoms with Gasteiger partial charge in [0.05, 0.1) is 5.69 Å². The highest BCUT2D eigenvalue weighted by Gasteiger charge is 2.55. The van der Waals surface area contributed by atoms with E-state index in [2.05, 4.69) is 19.8 Å². The van der Waals surface area contributed by atoms with Gasteiger partial charge in [-0.25, -0.2) is 4.79 Å². The van der Waals surface area contributed by atoms with Gasteiger partial charge in [0.25, 0.3) is 11.8 Å². The minimum absolute atomic E-state index is 0. The molecule has 13 nitrogen and oxygen atoms in total. The van der Waals surface area contributed by atoms with E-state index in [1.165, 1.54) is 16.7 Å². The molecule has 5 N–H and O–H groups in total. The maximum absolute atomic E-state index is 14.2. The molecule has 1 unspecified atom stereocenters. The lowest BCUT2D eigenvalue weighted by Crippen LogP contribution is -3.00. The van der Waals surface area contributed by atoms with Crippen molar-refractivity contribution in [3.63, 3.8) is 0 Å². The quantitative estimate of drug-likeness (QED) is 0.0445. The van der Waals surface area contributed by atoms with E-state index in [9.17, 15) is 14.4 Å². The Kier molecular flexibility index (Phi) is 11.3. The van der Waals surface area contributed by atoms with Crippen molar-refractivity contribution >= 4 is 57.6 Å². The van der Waals surface area contributed by atoms with E-state index in [0.717, 1.165) is 22.7 Å². The maximum Gasteiger partial charge on any atom is 0.356 e. The molecule has 2 aliphatic heterocycles. The number of hydrogen-bond donors (Lipinski definition) is 3. The molecule has 4 heterocycles. The van der Waals surface area contributed by atoms with Crippen molar-refractivity contribution in [1.82, 2.24) is 19.6 Å². The molecule has 0 bridgehead atoms. The van der Waals surface area contributed by atoms with Gasteiger partial charge in [0, 0.05) is 28.9 Å². The number of benzene rings is 2. The second kappa shape index (κ2) is 15.6. The third-order valence-electron chi connectivity index (χ3n) is 7.36. The molecular weight excluding hydrogens is 767 g/mol. The lowest BCUT2D eigenvalue weighted by molar-refractivity contribution is -0.688. The monoisotopic (exact) mass is 798 g/mol. The van der Waals surface area contributed by atoms with Crippen LogP contribution in [0.5, 0.6) is 0 Å². The Morgan fingerprint density at radius 1 is 1.08 bits per heavy atom. The van der Waals surface area contributed by atoms with Gasteiger partial charge < -0.3 is 50.3 Å². The summed E-state index contributed by atoms with van der Waals surface area (Å²) in [6.07, 6.45) is 2.86. The summed E-state index contributed by atoms with van der Waals surface area (Å²) >= 11 is 2.32. The number of oxime groups is 1. The summed E-state index contributed by atoms with van der Waals surface area (Å²) in [7, 11) is 0. The molecule has 2 aliphatic rings. The summed E-state index contributed by atoms with van der Waals surface area (Å²) in [6.45, 7) is 2.20. The van der Waals surface area contributed by atoms with Crippen LogP contribution in [0.2, 0.25) is 0 Å². The number of amides is 2. The fourth-order valence-corrected chi connectivity index (χ4v) is 7.03. The van der Waals surface area contributed by atoms with Crippen molar-refractivity contribution < 1.29 is 52.5 Å². The Hall–Kier alpha value is -4.55. The molecular formula is C32H31IN8O5S2. The molecule has 0 saturated carbocycles. The number of pyridine rings is 1. The largest absolute Gasteiger partial charge is 1.00 e. The standard InChI is InChI=1S/C32H30N8O5S2.HI/c1-2-44-37-23(27-36-32(34)47-38-27)28(41)35-24-29(42)40-25(21(18-46-30(24)40)16-39-15-9-14-22(33)17-39)31(43)45-26(19-10-5-3-6-11-19)20-12-7-4-8-13-20;/h3-15,17,24,26,30H,2,16,18,33H2,1H3,(H2-,34,35,36,38,41);1H/t24?,30-;/m0./s1. The Bertz CT molecular complexity index is 1820. The van der Waals surface area contributed by atoms with Crippen LogP contribution in [0.4, 0.5) is 10.8 Å². The normalized spacial score (nSPS) is 17.2. The van der Waals surface area contributed by atoms with Crippen LogP contribution in [0, 0.1) is 0 Å². The van der Waals surface area contributed by atoms with Crippen LogP contribution < -0.4 is 45.3 Å². The smallest absolute Gasteiger partial charge is 0.356 e. The second-order valence-corrected chi connectivity index (χ2v) is 12.4. The summed E-state index contributed by atoms with van der Waals surface area (Å²) < 4.78 is 12.1. The van der Waals surface area contributed by atoms with Gasteiger partial charge in [-0.15, -0.1) is 11.8 Å². The number of carbonyl (C=O) groups is 3. The molecule has 4 aromatic rings. The first-order valence-corrected chi connectivity index (χ1v) is 16.5. The topological polar surface area (TPSA) is 179 Å². The number of nitrogens with two attached hydrogens (primary N) is 2. The first-order valence-electron chi connectivity index (χ1n) is 14.7. The van der Waals surface area contributed by atoms with E-state index >= 15 is 0 Å². The summed E-state index contributed by atoms with van der Waals surface area (Å²) in [6, 6.07) is 21.4. The summed E-state index contributed by atoms with van der Waals surface area (Å²) in [5.41, 5.74) is 14.4. The lowest BCUT2D eigenvalue weighted by atomic mass is 10.0. The second-order valence-electron chi connectivity index (χ2n) is 10.5. The van der Waals surface area contributed by atoms with E-state index in [-0.39, 0.29) is 52.9 Å². The van der Waals surface area contributed by atoms with E-state index < -0.39 is 35.3 Å². The first kappa shape index (κ1) is 34.8. The highest BCUT2D eigenvalue weighted by Crippen LogP contribution is 2.41. The fourth-order valence-electron chi connectivity index (χ4n) is 5.26. The molecule has 2 amide bonds. The number of aromatic nitrogens is 3. The number of nitrogens with zero attached hydrogens (tertiary/aromatic N) is 5. The molecule has 248 valence electrons. The molecule has 16 heteroatoms. The van der Waals surface area contributed by atoms with Gasteiger partial charge in [0.1, 0.15) is 23.7 Å². The number of thioether (sulfide) groups is 1. The van der Waals surface area contributed by atoms with Gasteiger partial charge in [-0.05, 0) is 24.1 Å². The van der Waals surface area contributed by atoms with E-state index in [1.807, 2.05) is 71.4 Å². The zero-order valence-electron chi connectivity index (χ0n) is 25.6. The minimum atomic E-state index is -0.960. The highest BCUT2D eigenvalue weighted by atomic mass is 127. The average Bonchev–Trinajstić information content (AvgIpc) is 3.52. The number of esters is 1. The van der Waals surface area contributed by atoms with E-state index in [1.54, 1.807) is 25.3 Å². The van der Waals surface area contributed by atoms with Crippen LogP contribution in [0.1, 0.15) is 30.0 Å². The van der Waals surface area contributed by atoms with Crippen molar-refractivity contribution in [2.45, 2.75) is 31.0 Å². The molecule has 1 saturated heterocycles. The number of ether oxygens (including phenoxy) is 1. The van der Waals surface area contributed by atoms with Gasteiger partial charge in [0.2, 0.25) is 11.5 Å². The highest BCUT2D eigenvalue weighted by molar-refractivity contribution is 8.00. The van der Waals surface area contributed by atoms with Crippen LogP contribution in [0.15, 0.2) is 102 Å². The molecule has 48 heavy (non-hydrogen) atoms. The van der Waals surface area contributed by atoms with Gasteiger partial charge in [-0.3, -0.25) is 14.5 Å². The Morgan fingerprint density at radius 2 is 1.77 bits per heavy atom. The predicted octanol–water partition coefficient (Wildman–Crippen LogP) is -0.578. The molecule has 1 fully saturated rings. The zero-order valence-corrected chi connectivity index (χ0v) is 29.4. The number of halogens is 1. The first-order chi connectivity index (χ1) is 22.8. The molecule has 0 aliphatic carbocycles. The number of rotatable bonds is 11. The van der Waals surface area contributed by atoms with Gasteiger partial charge >= 0.3 is 5.97 Å². The van der Waals surface area contributed by atoms with Gasteiger partial charge in [-0.1, -0.05) is 65.8 Å². The van der Waals surface area contributed by atoms with Crippen molar-refractivity contribution in [1.29, 1.82) is 0 Å². The molecule has 2 aromatic carbocycles. The third kappa shape index (κ3) is 7.44. The third-order valence-corrected chi connectivity index (χ3v) is 9.25. The van der Waals surface area contributed by atoms with E-state index in [0.29, 0.717) is 23.6 Å². The number of β-lactam (4-membered cyclic amide) rings is 1. The van der Waals surface area contributed by atoms with Crippen molar-refractivity contribution in [3.8, 4) is 0 Å². The molecule has 0 spiro atoms. The number of nitrogens with one attached hydrogen (secondary N) is 1. The van der Waals surface area contributed by atoms with Crippen molar-refractivity contribution in [2.24, 2.45) is 5.16 Å². The van der Waals surface area contributed by atoms with Crippen LogP contribution in [0.3, 0.4) is 0 Å². The molecule has 0 radical (unpaired) electrons. The number of anilines is 2. The predicted molar refractivity (Wildman–Crippen MR) is 176 cm³/mol. The molecule has 6 rings (SSSR count). The van der Waals surface area contributed by atoms with Crippen molar-refractivity contribution in [3.05, 3.63) is 113 Å². The Balaban J connectivity index is 0.00000451.